The van der Waals surface area contributed by atoms with Gasteiger partial charge in [0, 0.05) is 0 Å². The van der Waals surface area contributed by atoms with Crippen LogP contribution in [0, 0.1) is 0 Å². The smallest absolute Gasteiger partial charge is 0.838 e. The standard InChI is InChI=1S/4C10H13O2P.4Ni/c4*1-3-8-6-5-7-10(13(11)12)9(8)4-2;;;;/h4*5-7H,3-4H2,1-2H3;;;;/q4*-2;4*+2. The molecule has 8 nitrogen and oxygen atoms in total. The fourth-order valence-corrected chi connectivity index (χ4v) is 9.05. The van der Waals surface area contributed by atoms with Crippen molar-refractivity contribution < 1.29 is 105 Å². The number of rotatable bonds is 12. The topological polar surface area (TPSA) is 184 Å². The molecule has 0 aromatic heterocycles. The van der Waals surface area contributed by atoms with Crippen molar-refractivity contribution in [2.45, 2.75) is 107 Å². The van der Waals surface area contributed by atoms with Crippen LogP contribution >= 0.6 is 33.5 Å². The number of aryl methyl sites for hydroxylation is 4. The zero-order chi connectivity index (χ0) is 39.4. The molecule has 16 heteroatoms. The van der Waals surface area contributed by atoms with Crippen LogP contribution in [0.5, 0.6) is 0 Å². The second-order valence-electron chi connectivity index (χ2n) is 11.5. The van der Waals surface area contributed by atoms with E-state index >= 15 is 0 Å². The van der Waals surface area contributed by atoms with E-state index in [4.69, 9.17) is 0 Å². The van der Waals surface area contributed by atoms with Gasteiger partial charge in [0.25, 0.3) is 0 Å². The zero-order valence-electron chi connectivity index (χ0n) is 32.9. The van der Waals surface area contributed by atoms with Gasteiger partial charge in [0.05, 0.1) is 0 Å². The van der Waals surface area contributed by atoms with Gasteiger partial charge in [-0.2, -0.15) is 0 Å². The second-order valence-corrected chi connectivity index (χ2v) is 15.5. The normalized spacial score (nSPS) is 10.1. The van der Waals surface area contributed by atoms with E-state index in [1.54, 1.807) is 48.5 Å². The van der Waals surface area contributed by atoms with Crippen LogP contribution in [-0.2, 0) is 117 Å². The van der Waals surface area contributed by atoms with E-state index in [1.807, 2.05) is 79.7 Å². The monoisotopic (exact) mass is 1020 g/mol. The number of hydrogen-bond acceptors (Lipinski definition) is 8. The third-order valence-electron chi connectivity index (χ3n) is 8.72. The molecule has 4 aromatic carbocycles. The van der Waals surface area contributed by atoms with Gasteiger partial charge in [0.2, 0.25) is 0 Å². The summed E-state index contributed by atoms with van der Waals surface area (Å²) in [5.74, 6) is 0. The van der Waals surface area contributed by atoms with Gasteiger partial charge in [-0.1, -0.05) is 149 Å². The summed E-state index contributed by atoms with van der Waals surface area (Å²) in [5.41, 5.74) is 8.45. The first-order valence-corrected chi connectivity index (χ1v) is 22.5. The van der Waals surface area contributed by atoms with Gasteiger partial charge in [-0.25, -0.2) is 0 Å². The summed E-state index contributed by atoms with van der Waals surface area (Å²) >= 11 is 0. The Bertz CT molecular complexity index is 1400. The Kier molecular flexibility index (Phi) is 39.2. The third kappa shape index (κ3) is 19.8. The quantitative estimate of drug-likeness (QED) is 0.152. The third-order valence-corrected chi connectivity index (χ3v) is 12.0. The van der Waals surface area contributed by atoms with Crippen molar-refractivity contribution in [2.75, 3.05) is 0 Å². The fourth-order valence-electron chi connectivity index (χ4n) is 6.13. The van der Waals surface area contributed by atoms with Crippen molar-refractivity contribution in [3.05, 3.63) is 117 Å². The number of benzene rings is 4. The zero-order valence-corrected chi connectivity index (χ0v) is 40.4. The molecule has 0 aliphatic carbocycles. The molecule has 56 heavy (non-hydrogen) atoms. The molecule has 0 saturated heterocycles. The summed E-state index contributed by atoms with van der Waals surface area (Å²) in [6.07, 6.45) is 6.68. The summed E-state index contributed by atoms with van der Waals surface area (Å²) < 4.78 is 0. The largest absolute Gasteiger partial charge is 2.00 e. The van der Waals surface area contributed by atoms with Gasteiger partial charge in [-0.05, 0) is 95.9 Å². The first-order chi connectivity index (χ1) is 24.8. The molecule has 0 spiro atoms. The molecule has 4 rings (SSSR count). The van der Waals surface area contributed by atoms with Crippen molar-refractivity contribution in [1.82, 2.24) is 0 Å². The molecule has 320 valence electrons. The molecular weight excluding hydrogens is 967 g/mol. The maximum absolute atomic E-state index is 10.9. The predicted molar refractivity (Wildman–Crippen MR) is 207 cm³/mol. The summed E-state index contributed by atoms with van der Waals surface area (Å²) in [6.45, 7) is 16.1. The Labute approximate surface area is 381 Å². The molecule has 0 N–H and O–H groups in total. The van der Waals surface area contributed by atoms with E-state index in [0.717, 1.165) is 95.9 Å². The Hall–Kier alpha value is 0.254. The maximum atomic E-state index is 10.9. The van der Waals surface area contributed by atoms with E-state index in [1.165, 1.54) is 0 Å². The van der Waals surface area contributed by atoms with Crippen molar-refractivity contribution in [1.29, 1.82) is 0 Å². The molecule has 0 aliphatic rings. The van der Waals surface area contributed by atoms with Crippen LogP contribution in [0.25, 0.3) is 0 Å². The second kappa shape index (κ2) is 34.9. The SMILES string of the molecule is CCc1cccc(P([O-])[O-])c1CC.CCc1cccc(P([O-])[O-])c1CC.CCc1cccc(P([O-])[O-])c1CC.CCc1cccc(P([O-])[O-])c1CC.[Ni+2].[Ni+2].[Ni+2].[Ni+2]. The first kappa shape index (κ1) is 62.9. The maximum Gasteiger partial charge on any atom is 2.00 e. The van der Waals surface area contributed by atoms with Gasteiger partial charge in [-0.15, -0.1) is 0 Å². The molecule has 0 amide bonds. The van der Waals surface area contributed by atoms with E-state index in [9.17, 15) is 39.1 Å². The van der Waals surface area contributed by atoms with E-state index < -0.39 is 33.5 Å². The average molecular weight is 1020 g/mol. The van der Waals surface area contributed by atoms with Crippen LogP contribution in [0.4, 0.5) is 0 Å². The minimum absolute atomic E-state index is 0. The molecule has 0 aliphatic heterocycles. The summed E-state index contributed by atoms with van der Waals surface area (Å²) in [7, 11) is -9.78. The molecule has 0 fully saturated rings. The van der Waals surface area contributed by atoms with Crippen LogP contribution in [0.1, 0.15) is 99.9 Å². The fraction of sp³-hybridized carbons (Fsp3) is 0.400. The predicted octanol–water partition coefficient (Wildman–Crippen LogP) is 1.87. The molecular formula is C40H52Ni4O8P4. The van der Waals surface area contributed by atoms with Crippen LogP contribution in [0.3, 0.4) is 0 Å². The van der Waals surface area contributed by atoms with E-state index in [-0.39, 0.29) is 66.0 Å². The molecule has 0 bridgehead atoms. The summed E-state index contributed by atoms with van der Waals surface area (Å²) in [6, 6.07) is 21.8. The van der Waals surface area contributed by atoms with Crippen molar-refractivity contribution >= 4 is 54.7 Å². The van der Waals surface area contributed by atoms with Gasteiger partial charge in [0.15, 0.2) is 0 Å². The average Bonchev–Trinajstić information content (AvgIpc) is 3.16. The molecule has 0 unspecified atom stereocenters. The van der Waals surface area contributed by atoms with Crippen LogP contribution in [0.2, 0.25) is 0 Å². The Morgan fingerprint density at radius 1 is 0.286 bits per heavy atom. The molecule has 0 heterocycles. The van der Waals surface area contributed by atoms with Crippen molar-refractivity contribution in [3.63, 3.8) is 0 Å². The molecule has 0 saturated carbocycles. The van der Waals surface area contributed by atoms with Crippen molar-refractivity contribution in [2.24, 2.45) is 0 Å². The van der Waals surface area contributed by atoms with Gasteiger partial charge < -0.3 is 39.1 Å². The van der Waals surface area contributed by atoms with Crippen LogP contribution < -0.4 is 60.4 Å². The molecule has 0 radical (unpaired) electrons. The van der Waals surface area contributed by atoms with E-state index in [0.29, 0.717) is 21.2 Å². The molecule has 0 atom stereocenters. The van der Waals surface area contributed by atoms with Crippen LogP contribution in [-0.4, -0.2) is 0 Å². The Balaban J connectivity index is -0.000000314. The Morgan fingerprint density at radius 2 is 0.446 bits per heavy atom. The van der Waals surface area contributed by atoms with Gasteiger partial charge in [0.1, 0.15) is 0 Å². The van der Waals surface area contributed by atoms with Gasteiger partial charge in [-0.3, -0.25) is 33.5 Å². The van der Waals surface area contributed by atoms with Crippen molar-refractivity contribution in [3.8, 4) is 0 Å². The molecule has 4 aromatic rings. The minimum atomic E-state index is -2.44. The first-order valence-electron chi connectivity index (χ1n) is 17.8. The summed E-state index contributed by atoms with van der Waals surface area (Å²) in [5, 5.41) is 1.93. The van der Waals surface area contributed by atoms with E-state index in [2.05, 4.69) is 0 Å². The summed E-state index contributed by atoms with van der Waals surface area (Å²) in [4.78, 5) is 87.1. The van der Waals surface area contributed by atoms with Crippen LogP contribution in [0.15, 0.2) is 72.8 Å². The minimum Gasteiger partial charge on any atom is -0.838 e. The van der Waals surface area contributed by atoms with Gasteiger partial charge >= 0.3 is 66.0 Å². The number of hydrogen-bond donors (Lipinski definition) is 0. The Morgan fingerprint density at radius 3 is 0.554 bits per heavy atom.